The molecule has 1 amide bonds. The highest BCUT2D eigenvalue weighted by molar-refractivity contribution is 5.79. The molecule has 3 rings (SSSR count). The maximum atomic E-state index is 13.9. The molecule has 0 radical (unpaired) electrons. The molecule has 1 aliphatic rings. The van der Waals surface area contributed by atoms with Gasteiger partial charge in [-0.25, -0.2) is 4.39 Å². The van der Waals surface area contributed by atoms with Gasteiger partial charge < -0.3 is 10.6 Å². The SMILES string of the molecule is Nc1ccc(CC(=O)N(Cc2ccccc2F)C2CCC2)cc1. The van der Waals surface area contributed by atoms with Crippen LogP contribution in [-0.4, -0.2) is 16.8 Å². The van der Waals surface area contributed by atoms with Gasteiger partial charge in [-0.05, 0) is 43.0 Å². The van der Waals surface area contributed by atoms with E-state index in [9.17, 15) is 9.18 Å². The van der Waals surface area contributed by atoms with Crippen molar-refractivity contribution in [1.29, 1.82) is 0 Å². The van der Waals surface area contributed by atoms with Crippen LogP contribution >= 0.6 is 0 Å². The van der Waals surface area contributed by atoms with E-state index in [4.69, 9.17) is 5.73 Å². The summed E-state index contributed by atoms with van der Waals surface area (Å²) in [6.07, 6.45) is 3.46. The fraction of sp³-hybridized carbons (Fsp3) is 0.316. The number of rotatable bonds is 5. The van der Waals surface area contributed by atoms with Crippen LogP contribution in [0.5, 0.6) is 0 Å². The van der Waals surface area contributed by atoms with Gasteiger partial charge in [-0.15, -0.1) is 0 Å². The van der Waals surface area contributed by atoms with Gasteiger partial charge in [0.2, 0.25) is 5.91 Å². The van der Waals surface area contributed by atoms with Crippen LogP contribution in [-0.2, 0) is 17.8 Å². The molecule has 120 valence electrons. The van der Waals surface area contributed by atoms with Gasteiger partial charge in [-0.2, -0.15) is 0 Å². The summed E-state index contributed by atoms with van der Waals surface area (Å²) in [5.74, 6) is -0.208. The molecule has 2 aromatic carbocycles. The minimum atomic E-state index is -0.253. The third-order valence-corrected chi connectivity index (χ3v) is 4.47. The predicted octanol–water partition coefficient (Wildman–Crippen LogP) is 3.53. The Bertz CT molecular complexity index is 680. The zero-order valence-corrected chi connectivity index (χ0v) is 13.0. The van der Waals surface area contributed by atoms with E-state index >= 15 is 0 Å². The van der Waals surface area contributed by atoms with Crippen LogP contribution in [0.15, 0.2) is 48.5 Å². The lowest BCUT2D eigenvalue weighted by molar-refractivity contribution is -0.135. The smallest absolute Gasteiger partial charge is 0.227 e. The van der Waals surface area contributed by atoms with Gasteiger partial charge in [0.05, 0.1) is 6.42 Å². The molecular weight excluding hydrogens is 291 g/mol. The molecule has 1 saturated carbocycles. The van der Waals surface area contributed by atoms with Crippen LogP contribution < -0.4 is 5.73 Å². The number of nitrogens with zero attached hydrogens (tertiary/aromatic N) is 1. The average Bonchev–Trinajstić information content (AvgIpc) is 2.49. The Kier molecular flexibility index (Phi) is 4.60. The van der Waals surface area contributed by atoms with E-state index < -0.39 is 0 Å². The predicted molar refractivity (Wildman–Crippen MR) is 89.1 cm³/mol. The summed E-state index contributed by atoms with van der Waals surface area (Å²) >= 11 is 0. The van der Waals surface area contributed by atoms with Gasteiger partial charge >= 0.3 is 0 Å². The zero-order chi connectivity index (χ0) is 16.2. The molecule has 0 unspecified atom stereocenters. The van der Waals surface area contributed by atoms with Crippen molar-refractivity contribution >= 4 is 11.6 Å². The standard InChI is InChI=1S/C19H21FN2O/c20-18-7-2-1-4-15(18)13-22(17-5-3-6-17)19(23)12-14-8-10-16(21)11-9-14/h1-2,4,7-11,17H,3,5-6,12-13,21H2. The Morgan fingerprint density at radius 2 is 1.83 bits per heavy atom. The molecule has 1 aliphatic carbocycles. The number of amides is 1. The Morgan fingerprint density at radius 3 is 2.43 bits per heavy atom. The minimum absolute atomic E-state index is 0.0442. The second kappa shape index (κ2) is 6.82. The van der Waals surface area contributed by atoms with Crippen molar-refractivity contribution in [3.05, 3.63) is 65.5 Å². The molecule has 3 nitrogen and oxygen atoms in total. The van der Waals surface area contributed by atoms with E-state index in [0.717, 1.165) is 24.8 Å². The molecule has 2 aromatic rings. The summed E-state index contributed by atoms with van der Waals surface area (Å²) < 4.78 is 13.9. The molecule has 0 aliphatic heterocycles. The Hall–Kier alpha value is -2.36. The van der Waals surface area contributed by atoms with Crippen LogP contribution in [0.3, 0.4) is 0 Å². The van der Waals surface area contributed by atoms with E-state index in [2.05, 4.69) is 0 Å². The van der Waals surface area contributed by atoms with Crippen LogP contribution in [0.1, 0.15) is 30.4 Å². The fourth-order valence-corrected chi connectivity index (χ4v) is 2.84. The van der Waals surface area contributed by atoms with Crippen LogP contribution in [0.2, 0.25) is 0 Å². The summed E-state index contributed by atoms with van der Waals surface area (Å²) in [5.41, 5.74) is 7.87. The van der Waals surface area contributed by atoms with Crippen LogP contribution in [0.25, 0.3) is 0 Å². The number of nitrogens with two attached hydrogens (primary N) is 1. The first kappa shape index (κ1) is 15.5. The van der Waals surface area contributed by atoms with Crippen molar-refractivity contribution < 1.29 is 9.18 Å². The first-order chi connectivity index (χ1) is 11.1. The summed E-state index contributed by atoms with van der Waals surface area (Å²) in [7, 11) is 0. The lowest BCUT2D eigenvalue weighted by Crippen LogP contribution is -2.44. The van der Waals surface area contributed by atoms with Crippen LogP contribution in [0, 0.1) is 5.82 Å². The summed E-state index contributed by atoms with van der Waals surface area (Å²) in [4.78, 5) is 14.6. The quantitative estimate of drug-likeness (QED) is 0.859. The third-order valence-electron chi connectivity index (χ3n) is 4.47. The summed E-state index contributed by atoms with van der Waals surface area (Å²) in [6.45, 7) is 0.338. The average molecular weight is 312 g/mol. The minimum Gasteiger partial charge on any atom is -0.399 e. The van der Waals surface area contributed by atoms with E-state index in [1.807, 2.05) is 23.1 Å². The Balaban J connectivity index is 1.74. The third kappa shape index (κ3) is 3.70. The van der Waals surface area contributed by atoms with Gasteiger partial charge in [-0.3, -0.25) is 4.79 Å². The van der Waals surface area contributed by atoms with Gasteiger partial charge in [-0.1, -0.05) is 30.3 Å². The largest absolute Gasteiger partial charge is 0.399 e. The van der Waals surface area contributed by atoms with Crippen molar-refractivity contribution in [2.24, 2.45) is 0 Å². The number of carbonyl (C=O) groups is 1. The lowest BCUT2D eigenvalue weighted by Gasteiger charge is -2.38. The fourth-order valence-electron chi connectivity index (χ4n) is 2.84. The zero-order valence-electron chi connectivity index (χ0n) is 13.0. The first-order valence-corrected chi connectivity index (χ1v) is 8.01. The van der Waals surface area contributed by atoms with E-state index in [1.165, 1.54) is 6.07 Å². The number of halogens is 1. The summed E-state index contributed by atoms with van der Waals surface area (Å²) in [5, 5.41) is 0. The number of anilines is 1. The molecule has 0 heterocycles. The molecule has 0 bridgehead atoms. The molecule has 0 spiro atoms. The Labute approximate surface area is 135 Å². The molecule has 4 heteroatoms. The highest BCUT2D eigenvalue weighted by Crippen LogP contribution is 2.27. The number of nitrogen functional groups attached to an aromatic ring is 1. The van der Waals surface area contributed by atoms with Crippen molar-refractivity contribution in [1.82, 2.24) is 4.90 Å². The molecule has 0 aromatic heterocycles. The Morgan fingerprint density at radius 1 is 1.13 bits per heavy atom. The summed E-state index contributed by atoms with van der Waals surface area (Å²) in [6, 6.07) is 14.2. The normalized spacial score (nSPS) is 14.3. The van der Waals surface area contributed by atoms with E-state index in [-0.39, 0.29) is 17.8 Å². The maximum Gasteiger partial charge on any atom is 0.227 e. The highest BCUT2D eigenvalue weighted by Gasteiger charge is 2.29. The molecule has 0 saturated heterocycles. The van der Waals surface area contributed by atoms with Crippen molar-refractivity contribution in [2.75, 3.05) is 5.73 Å². The second-order valence-corrected chi connectivity index (χ2v) is 6.12. The van der Waals surface area contributed by atoms with Gasteiger partial charge in [0.1, 0.15) is 5.82 Å². The van der Waals surface area contributed by atoms with Crippen molar-refractivity contribution in [3.8, 4) is 0 Å². The van der Waals surface area contributed by atoms with Gasteiger partial charge in [0, 0.05) is 23.8 Å². The number of hydrogen-bond acceptors (Lipinski definition) is 2. The topological polar surface area (TPSA) is 46.3 Å². The van der Waals surface area contributed by atoms with E-state index in [0.29, 0.717) is 24.2 Å². The molecule has 2 N–H and O–H groups in total. The molecule has 0 atom stereocenters. The number of benzene rings is 2. The number of carbonyl (C=O) groups excluding carboxylic acids is 1. The number of hydrogen-bond donors (Lipinski definition) is 1. The van der Waals surface area contributed by atoms with E-state index in [1.54, 1.807) is 24.3 Å². The second-order valence-electron chi connectivity index (χ2n) is 6.12. The van der Waals surface area contributed by atoms with Crippen molar-refractivity contribution in [2.45, 2.75) is 38.3 Å². The first-order valence-electron chi connectivity index (χ1n) is 8.01. The lowest BCUT2D eigenvalue weighted by atomic mass is 9.90. The van der Waals surface area contributed by atoms with Crippen molar-refractivity contribution in [3.63, 3.8) is 0 Å². The monoisotopic (exact) mass is 312 g/mol. The molecule has 1 fully saturated rings. The van der Waals surface area contributed by atoms with Gasteiger partial charge in [0.15, 0.2) is 0 Å². The molecular formula is C19H21FN2O. The van der Waals surface area contributed by atoms with Crippen LogP contribution in [0.4, 0.5) is 10.1 Å². The molecule has 23 heavy (non-hydrogen) atoms. The maximum absolute atomic E-state index is 13.9. The highest BCUT2D eigenvalue weighted by atomic mass is 19.1. The van der Waals surface area contributed by atoms with Gasteiger partial charge in [0.25, 0.3) is 0 Å².